The van der Waals surface area contributed by atoms with Gasteiger partial charge in [-0.25, -0.2) is 0 Å². The molecule has 0 radical (unpaired) electrons. The van der Waals surface area contributed by atoms with E-state index < -0.39 is 0 Å². The van der Waals surface area contributed by atoms with Gasteiger partial charge in [-0.05, 0) is 17.7 Å². The van der Waals surface area contributed by atoms with Gasteiger partial charge in [-0.1, -0.05) is 34.0 Å². The first-order chi connectivity index (χ1) is 5.86. The topological polar surface area (TPSA) is 9.23 Å². The van der Waals surface area contributed by atoms with Crippen LogP contribution in [-0.2, 0) is 5.33 Å². The van der Waals surface area contributed by atoms with E-state index in [9.17, 15) is 0 Å². The van der Waals surface area contributed by atoms with Crippen LogP contribution in [0, 0.1) is 12.3 Å². The zero-order valence-electron chi connectivity index (χ0n) is 6.59. The normalized spacial score (nSPS) is 9.00. The number of hydrogen-bond acceptors (Lipinski definition) is 1. The van der Waals surface area contributed by atoms with E-state index in [2.05, 4.69) is 21.9 Å². The fourth-order valence-electron chi connectivity index (χ4n) is 0.800. The number of alkyl halides is 1. The van der Waals surface area contributed by atoms with Crippen molar-refractivity contribution in [1.82, 2.24) is 0 Å². The smallest absolute Gasteiger partial charge is 0.148 e. The van der Waals surface area contributed by atoms with E-state index in [0.29, 0.717) is 6.61 Å². The Morgan fingerprint density at radius 1 is 1.33 bits per heavy atom. The average molecular weight is 225 g/mol. The minimum atomic E-state index is 0.327. The van der Waals surface area contributed by atoms with Gasteiger partial charge >= 0.3 is 0 Å². The third kappa shape index (κ3) is 2.60. The van der Waals surface area contributed by atoms with Crippen molar-refractivity contribution in [1.29, 1.82) is 0 Å². The highest BCUT2D eigenvalue weighted by atomic mass is 79.9. The molecule has 0 amide bonds. The maximum absolute atomic E-state index is 5.20. The molecule has 0 saturated heterocycles. The van der Waals surface area contributed by atoms with Gasteiger partial charge in [0.2, 0.25) is 0 Å². The molecule has 62 valence electrons. The van der Waals surface area contributed by atoms with Crippen LogP contribution >= 0.6 is 15.9 Å². The van der Waals surface area contributed by atoms with E-state index >= 15 is 0 Å². The van der Waals surface area contributed by atoms with E-state index in [1.165, 1.54) is 5.56 Å². The maximum Gasteiger partial charge on any atom is 0.148 e. The van der Waals surface area contributed by atoms with Gasteiger partial charge in [0.1, 0.15) is 12.4 Å². The molecule has 12 heavy (non-hydrogen) atoms. The highest BCUT2D eigenvalue weighted by molar-refractivity contribution is 9.08. The van der Waals surface area contributed by atoms with Crippen molar-refractivity contribution in [2.45, 2.75) is 5.33 Å². The molecule has 0 bridgehead atoms. The van der Waals surface area contributed by atoms with E-state index in [1.807, 2.05) is 24.3 Å². The van der Waals surface area contributed by atoms with Gasteiger partial charge in [-0.2, -0.15) is 0 Å². The molecule has 1 aromatic carbocycles. The van der Waals surface area contributed by atoms with Crippen LogP contribution in [0.1, 0.15) is 5.56 Å². The van der Waals surface area contributed by atoms with Gasteiger partial charge in [-0.3, -0.25) is 0 Å². The van der Waals surface area contributed by atoms with Crippen molar-refractivity contribution in [3.63, 3.8) is 0 Å². The Hall–Kier alpha value is -0.940. The summed E-state index contributed by atoms with van der Waals surface area (Å²) in [5, 5.41) is 0.864. The third-order valence-corrected chi connectivity index (χ3v) is 2.05. The summed E-state index contributed by atoms with van der Waals surface area (Å²) in [5.74, 6) is 3.23. The molecular weight excluding hydrogens is 216 g/mol. The molecule has 0 atom stereocenters. The zero-order valence-corrected chi connectivity index (χ0v) is 8.17. The van der Waals surface area contributed by atoms with E-state index in [4.69, 9.17) is 11.2 Å². The highest BCUT2D eigenvalue weighted by Crippen LogP contribution is 2.13. The van der Waals surface area contributed by atoms with Crippen molar-refractivity contribution in [3.05, 3.63) is 29.8 Å². The fraction of sp³-hybridized carbons (Fsp3) is 0.200. The molecule has 1 aromatic rings. The van der Waals surface area contributed by atoms with Gasteiger partial charge in [0.25, 0.3) is 0 Å². The molecule has 0 heterocycles. The molecule has 0 N–H and O–H groups in total. The van der Waals surface area contributed by atoms with Crippen molar-refractivity contribution in [2.75, 3.05) is 6.61 Å². The van der Waals surface area contributed by atoms with Crippen LogP contribution in [0.2, 0.25) is 0 Å². The van der Waals surface area contributed by atoms with Crippen LogP contribution in [0.5, 0.6) is 5.75 Å². The van der Waals surface area contributed by atoms with Crippen molar-refractivity contribution in [2.24, 2.45) is 0 Å². The Kier molecular flexibility index (Phi) is 3.69. The molecule has 2 heteroatoms. The molecule has 0 aromatic heterocycles. The lowest BCUT2D eigenvalue weighted by molar-refractivity contribution is 0.370. The quantitative estimate of drug-likeness (QED) is 0.567. The van der Waals surface area contributed by atoms with Crippen molar-refractivity contribution >= 4 is 15.9 Å². The van der Waals surface area contributed by atoms with Gasteiger partial charge in [0.05, 0.1) is 0 Å². The molecular formula is C10H9BrO. The molecule has 0 spiro atoms. The third-order valence-electron chi connectivity index (χ3n) is 1.40. The molecule has 0 aliphatic heterocycles. The lowest BCUT2D eigenvalue weighted by Gasteiger charge is -2.01. The summed E-state index contributed by atoms with van der Waals surface area (Å²) in [7, 11) is 0. The Morgan fingerprint density at radius 3 is 2.50 bits per heavy atom. The maximum atomic E-state index is 5.20. The number of hydrogen-bond donors (Lipinski definition) is 0. The number of benzene rings is 1. The molecule has 1 nitrogen and oxygen atoms in total. The average Bonchev–Trinajstić information content (AvgIpc) is 2.15. The Balaban J connectivity index is 2.60. The van der Waals surface area contributed by atoms with E-state index in [0.717, 1.165) is 11.1 Å². The number of terminal acetylenes is 1. The monoisotopic (exact) mass is 224 g/mol. The standard InChI is InChI=1S/C10H9BrO/c1-2-7-12-10-5-3-9(8-11)4-6-10/h1,3-6H,7-8H2. The SMILES string of the molecule is C#CCOc1ccc(CBr)cc1. The first kappa shape index (κ1) is 9.15. The van der Waals surface area contributed by atoms with Crippen LogP contribution < -0.4 is 4.74 Å². The summed E-state index contributed by atoms with van der Waals surface area (Å²) in [6, 6.07) is 7.82. The minimum absolute atomic E-state index is 0.327. The largest absolute Gasteiger partial charge is 0.481 e. The van der Waals surface area contributed by atoms with Crippen LogP contribution in [0.15, 0.2) is 24.3 Å². The second-order valence-electron chi connectivity index (χ2n) is 2.27. The van der Waals surface area contributed by atoms with Crippen LogP contribution in [0.3, 0.4) is 0 Å². The lowest BCUT2D eigenvalue weighted by atomic mass is 10.2. The van der Waals surface area contributed by atoms with Crippen molar-refractivity contribution < 1.29 is 4.74 Å². The van der Waals surface area contributed by atoms with Gasteiger partial charge < -0.3 is 4.74 Å². The highest BCUT2D eigenvalue weighted by Gasteiger charge is 1.92. The summed E-state index contributed by atoms with van der Waals surface area (Å²) < 4.78 is 5.20. The number of halogens is 1. The summed E-state index contributed by atoms with van der Waals surface area (Å²) >= 11 is 3.36. The predicted molar refractivity (Wildman–Crippen MR) is 53.4 cm³/mol. The van der Waals surface area contributed by atoms with Crippen molar-refractivity contribution in [3.8, 4) is 18.1 Å². The van der Waals surface area contributed by atoms with E-state index in [1.54, 1.807) is 0 Å². The number of ether oxygens (including phenoxy) is 1. The molecule has 1 rings (SSSR count). The minimum Gasteiger partial charge on any atom is -0.481 e. The van der Waals surface area contributed by atoms with Gasteiger partial charge in [0.15, 0.2) is 0 Å². The first-order valence-electron chi connectivity index (χ1n) is 3.58. The van der Waals surface area contributed by atoms with Gasteiger partial charge in [0, 0.05) is 5.33 Å². The van der Waals surface area contributed by atoms with Crippen LogP contribution in [0.4, 0.5) is 0 Å². The predicted octanol–water partition coefficient (Wildman–Crippen LogP) is 2.59. The Labute approximate surface area is 80.9 Å². The fourth-order valence-corrected chi connectivity index (χ4v) is 1.17. The van der Waals surface area contributed by atoms with Gasteiger partial charge in [-0.15, -0.1) is 6.42 Å². The molecule has 0 aliphatic rings. The lowest BCUT2D eigenvalue weighted by Crippen LogP contribution is -1.92. The van der Waals surface area contributed by atoms with Crippen LogP contribution in [-0.4, -0.2) is 6.61 Å². The van der Waals surface area contributed by atoms with Crippen LogP contribution in [0.25, 0.3) is 0 Å². The molecule has 0 fully saturated rings. The molecule has 0 unspecified atom stereocenters. The van der Waals surface area contributed by atoms with E-state index in [-0.39, 0.29) is 0 Å². The summed E-state index contributed by atoms with van der Waals surface area (Å²) in [6.07, 6.45) is 5.05. The second-order valence-corrected chi connectivity index (χ2v) is 2.83. The number of rotatable bonds is 3. The zero-order chi connectivity index (χ0) is 8.81. The summed E-state index contributed by atoms with van der Waals surface area (Å²) in [4.78, 5) is 0. The second kappa shape index (κ2) is 4.84. The molecule has 0 saturated carbocycles. The molecule has 0 aliphatic carbocycles. The summed E-state index contributed by atoms with van der Waals surface area (Å²) in [5.41, 5.74) is 1.23. The Bertz CT molecular complexity index is 271. The Morgan fingerprint density at radius 2 is 2.00 bits per heavy atom. The first-order valence-corrected chi connectivity index (χ1v) is 4.70. The summed E-state index contributed by atoms with van der Waals surface area (Å²) in [6.45, 7) is 0.327.